The molecule has 1 N–H and O–H groups in total. The van der Waals surface area contributed by atoms with Crippen LogP contribution in [0.3, 0.4) is 0 Å². The number of halogens is 2. The predicted octanol–water partition coefficient (Wildman–Crippen LogP) is 0.898. The summed E-state index contributed by atoms with van der Waals surface area (Å²) >= 11 is 0. The smallest absolute Gasteiger partial charge is 0.0107 e. The van der Waals surface area contributed by atoms with Gasteiger partial charge in [0.1, 0.15) is 0 Å². The van der Waals surface area contributed by atoms with Gasteiger partial charge in [-0.2, -0.15) is 0 Å². The van der Waals surface area contributed by atoms with Gasteiger partial charge in [-0.15, -0.1) is 24.8 Å². The number of nitrogens with one attached hydrogen (secondary N) is 1. The van der Waals surface area contributed by atoms with Gasteiger partial charge < -0.3 is 10.2 Å². The first-order chi connectivity index (χ1) is 4.45. The normalized spacial score (nSPS) is 34.9. The van der Waals surface area contributed by atoms with E-state index in [2.05, 4.69) is 10.2 Å². The molecular formula is C7H16Cl2N2. The van der Waals surface area contributed by atoms with Crippen molar-refractivity contribution in [3.8, 4) is 0 Å². The van der Waals surface area contributed by atoms with Crippen molar-refractivity contribution in [2.75, 3.05) is 26.2 Å². The molecule has 3 heterocycles. The van der Waals surface area contributed by atoms with Crippen molar-refractivity contribution in [2.45, 2.75) is 18.9 Å². The van der Waals surface area contributed by atoms with E-state index in [4.69, 9.17) is 0 Å². The molecule has 0 unspecified atom stereocenters. The molecule has 4 heteroatoms. The van der Waals surface area contributed by atoms with Gasteiger partial charge in [0.05, 0.1) is 0 Å². The SMILES string of the molecule is C1CN2CCC(CC2)N1.Cl.Cl. The zero-order chi connectivity index (χ0) is 6.10. The van der Waals surface area contributed by atoms with E-state index in [0.717, 1.165) is 6.04 Å². The quantitative estimate of drug-likeness (QED) is 0.623. The molecule has 3 rings (SSSR count). The molecule has 0 aromatic rings. The fourth-order valence-corrected chi connectivity index (χ4v) is 1.79. The van der Waals surface area contributed by atoms with Crippen LogP contribution in [-0.4, -0.2) is 37.1 Å². The number of hydrogen-bond donors (Lipinski definition) is 1. The molecule has 3 aliphatic rings. The minimum atomic E-state index is 0. The molecule has 3 saturated heterocycles. The van der Waals surface area contributed by atoms with Crippen molar-refractivity contribution in [3.63, 3.8) is 0 Å². The van der Waals surface area contributed by atoms with E-state index in [0.29, 0.717) is 0 Å². The van der Waals surface area contributed by atoms with E-state index in [9.17, 15) is 0 Å². The number of piperidine rings is 1. The van der Waals surface area contributed by atoms with Crippen LogP contribution < -0.4 is 5.32 Å². The average molecular weight is 199 g/mol. The number of fused-ring (bicyclic) bond motifs is 4. The summed E-state index contributed by atoms with van der Waals surface area (Å²) in [6.45, 7) is 5.15. The van der Waals surface area contributed by atoms with Crippen LogP contribution in [0.15, 0.2) is 0 Å². The van der Waals surface area contributed by atoms with Gasteiger partial charge in [0, 0.05) is 19.1 Å². The summed E-state index contributed by atoms with van der Waals surface area (Å²) in [4.78, 5) is 2.55. The molecule has 3 fully saturated rings. The van der Waals surface area contributed by atoms with Gasteiger partial charge in [-0.25, -0.2) is 0 Å². The van der Waals surface area contributed by atoms with Crippen LogP contribution in [0.25, 0.3) is 0 Å². The van der Waals surface area contributed by atoms with E-state index in [-0.39, 0.29) is 24.8 Å². The first kappa shape index (κ1) is 11.5. The van der Waals surface area contributed by atoms with Gasteiger partial charge in [-0.3, -0.25) is 0 Å². The molecule has 0 radical (unpaired) electrons. The highest BCUT2D eigenvalue weighted by Crippen LogP contribution is 2.12. The van der Waals surface area contributed by atoms with Crippen LogP contribution in [0, 0.1) is 0 Å². The Labute approximate surface area is 80.5 Å². The van der Waals surface area contributed by atoms with Gasteiger partial charge >= 0.3 is 0 Å². The summed E-state index contributed by atoms with van der Waals surface area (Å²) in [6, 6.07) is 0.851. The largest absolute Gasteiger partial charge is 0.313 e. The Morgan fingerprint density at radius 2 is 1.64 bits per heavy atom. The Hall–Kier alpha value is 0.500. The Bertz CT molecular complexity index is 85.1. The maximum Gasteiger partial charge on any atom is 0.0107 e. The second kappa shape index (κ2) is 5.20. The zero-order valence-electron chi connectivity index (χ0n) is 6.58. The number of nitrogens with zero attached hydrogens (tertiary/aromatic N) is 1. The molecule has 2 bridgehead atoms. The maximum atomic E-state index is 3.53. The van der Waals surface area contributed by atoms with Crippen molar-refractivity contribution in [1.29, 1.82) is 0 Å². The van der Waals surface area contributed by atoms with Crippen LogP contribution >= 0.6 is 24.8 Å². The molecule has 0 aromatic carbocycles. The van der Waals surface area contributed by atoms with Crippen molar-refractivity contribution in [1.82, 2.24) is 10.2 Å². The summed E-state index contributed by atoms with van der Waals surface area (Å²) < 4.78 is 0. The summed E-state index contributed by atoms with van der Waals surface area (Å²) in [5.41, 5.74) is 0. The van der Waals surface area contributed by atoms with Crippen molar-refractivity contribution in [2.24, 2.45) is 0 Å². The van der Waals surface area contributed by atoms with Gasteiger partial charge in [0.2, 0.25) is 0 Å². The number of rotatable bonds is 0. The molecule has 3 aliphatic heterocycles. The Kier molecular flexibility index (Phi) is 5.44. The van der Waals surface area contributed by atoms with E-state index < -0.39 is 0 Å². The lowest BCUT2D eigenvalue weighted by Crippen LogP contribution is -2.34. The van der Waals surface area contributed by atoms with Gasteiger partial charge in [-0.05, 0) is 25.9 Å². The predicted molar refractivity (Wildman–Crippen MR) is 52.0 cm³/mol. The van der Waals surface area contributed by atoms with E-state index >= 15 is 0 Å². The minimum absolute atomic E-state index is 0. The highest BCUT2D eigenvalue weighted by atomic mass is 35.5. The maximum absolute atomic E-state index is 3.53. The molecule has 0 aromatic heterocycles. The van der Waals surface area contributed by atoms with Crippen LogP contribution in [0.2, 0.25) is 0 Å². The van der Waals surface area contributed by atoms with E-state index in [1.807, 2.05) is 0 Å². The van der Waals surface area contributed by atoms with Crippen LogP contribution in [0.4, 0.5) is 0 Å². The molecule has 0 aliphatic carbocycles. The summed E-state index contributed by atoms with van der Waals surface area (Å²) in [5.74, 6) is 0. The second-order valence-electron chi connectivity index (χ2n) is 3.07. The molecule has 68 valence electrons. The van der Waals surface area contributed by atoms with E-state index in [1.165, 1.54) is 39.0 Å². The van der Waals surface area contributed by atoms with Crippen LogP contribution in [0.5, 0.6) is 0 Å². The van der Waals surface area contributed by atoms with Gasteiger partial charge in [0.15, 0.2) is 0 Å². The Morgan fingerprint density at radius 1 is 1.00 bits per heavy atom. The molecule has 0 amide bonds. The highest BCUT2D eigenvalue weighted by Gasteiger charge is 2.21. The lowest BCUT2D eigenvalue weighted by atomic mass is 10.1. The molecule has 11 heavy (non-hydrogen) atoms. The zero-order valence-corrected chi connectivity index (χ0v) is 8.22. The van der Waals surface area contributed by atoms with Crippen molar-refractivity contribution < 1.29 is 0 Å². The van der Waals surface area contributed by atoms with Gasteiger partial charge in [0.25, 0.3) is 0 Å². The fourth-order valence-electron chi connectivity index (χ4n) is 1.79. The summed E-state index contributed by atoms with van der Waals surface area (Å²) in [6.07, 6.45) is 2.75. The third kappa shape index (κ3) is 2.79. The lowest BCUT2D eigenvalue weighted by Gasteiger charge is -2.25. The Balaban J connectivity index is 0.000000500. The highest BCUT2D eigenvalue weighted by molar-refractivity contribution is 5.85. The van der Waals surface area contributed by atoms with Crippen molar-refractivity contribution >= 4 is 24.8 Å². The molecule has 0 spiro atoms. The summed E-state index contributed by atoms with van der Waals surface area (Å²) in [7, 11) is 0. The molecular weight excluding hydrogens is 183 g/mol. The Morgan fingerprint density at radius 3 is 2.27 bits per heavy atom. The molecule has 0 saturated carbocycles. The van der Waals surface area contributed by atoms with Gasteiger partial charge in [-0.1, -0.05) is 0 Å². The molecule has 0 atom stereocenters. The average Bonchev–Trinajstić information content (AvgIpc) is 2.21. The van der Waals surface area contributed by atoms with Crippen molar-refractivity contribution in [3.05, 3.63) is 0 Å². The third-order valence-electron chi connectivity index (χ3n) is 2.45. The van der Waals surface area contributed by atoms with E-state index in [1.54, 1.807) is 0 Å². The third-order valence-corrected chi connectivity index (χ3v) is 2.45. The standard InChI is InChI=1S/C7H14N2.2ClH/c1-4-9-5-2-7(1)8-3-6-9;;/h7-8H,1-6H2;2*1H. The first-order valence-electron chi connectivity index (χ1n) is 3.91. The minimum Gasteiger partial charge on any atom is -0.313 e. The van der Waals surface area contributed by atoms with Crippen LogP contribution in [-0.2, 0) is 0 Å². The first-order valence-corrected chi connectivity index (χ1v) is 3.91. The molecule has 2 nitrogen and oxygen atoms in total. The topological polar surface area (TPSA) is 15.3 Å². The summed E-state index contributed by atoms with van der Waals surface area (Å²) in [5, 5.41) is 3.53. The second-order valence-corrected chi connectivity index (χ2v) is 3.07. The fraction of sp³-hybridized carbons (Fsp3) is 1.00. The number of hydrogen-bond acceptors (Lipinski definition) is 2. The monoisotopic (exact) mass is 198 g/mol. The lowest BCUT2D eigenvalue weighted by molar-refractivity contribution is 0.247. The van der Waals surface area contributed by atoms with Crippen LogP contribution in [0.1, 0.15) is 12.8 Å².